The molecule has 0 heterocycles. The van der Waals surface area contributed by atoms with E-state index in [2.05, 4.69) is 17.6 Å². The van der Waals surface area contributed by atoms with Crippen LogP contribution in [0.15, 0.2) is 54.6 Å². The highest BCUT2D eigenvalue weighted by Crippen LogP contribution is 2.19. The zero-order valence-electron chi connectivity index (χ0n) is 12.8. The molecule has 0 fully saturated rings. The second-order valence-corrected chi connectivity index (χ2v) is 5.25. The predicted molar refractivity (Wildman–Crippen MR) is 87.4 cm³/mol. The van der Waals surface area contributed by atoms with E-state index in [0.29, 0.717) is 6.04 Å². The van der Waals surface area contributed by atoms with Gasteiger partial charge in [-0.05, 0) is 44.2 Å². The number of rotatable bonds is 5. The molecular weight excluding hydrogens is 260 g/mol. The lowest BCUT2D eigenvalue weighted by molar-refractivity contribution is -0.117. The summed E-state index contributed by atoms with van der Waals surface area (Å²) >= 11 is 0. The number of carbonyl (C=O) groups is 1. The van der Waals surface area contributed by atoms with Crippen LogP contribution in [0.4, 0.5) is 5.69 Å². The fourth-order valence-corrected chi connectivity index (χ4v) is 2.17. The fourth-order valence-electron chi connectivity index (χ4n) is 2.17. The van der Waals surface area contributed by atoms with E-state index in [9.17, 15) is 4.79 Å². The summed E-state index contributed by atoms with van der Waals surface area (Å²) < 4.78 is 0. The molecular formula is C18H22N2O. The molecule has 110 valence electrons. The minimum absolute atomic E-state index is 0.00983. The van der Waals surface area contributed by atoms with Gasteiger partial charge in [-0.15, -0.1) is 0 Å². The van der Waals surface area contributed by atoms with Gasteiger partial charge < -0.3 is 10.6 Å². The molecule has 2 aromatic carbocycles. The Balaban J connectivity index is 2.03. The summed E-state index contributed by atoms with van der Waals surface area (Å²) in [4.78, 5) is 12.3. The third-order valence-electron chi connectivity index (χ3n) is 3.80. The molecule has 3 heteroatoms. The minimum Gasteiger partial charge on any atom is -0.326 e. The van der Waals surface area contributed by atoms with Crippen molar-refractivity contribution >= 4 is 11.6 Å². The molecule has 2 rings (SSSR count). The van der Waals surface area contributed by atoms with Crippen molar-refractivity contribution in [3.8, 4) is 0 Å². The van der Waals surface area contributed by atoms with Crippen molar-refractivity contribution in [3.63, 3.8) is 0 Å². The van der Waals surface area contributed by atoms with Crippen molar-refractivity contribution in [2.75, 3.05) is 12.4 Å². The average Bonchev–Trinajstić information content (AvgIpc) is 2.55. The van der Waals surface area contributed by atoms with Crippen LogP contribution in [-0.2, 0) is 4.79 Å². The molecule has 0 bridgehead atoms. The monoisotopic (exact) mass is 282 g/mol. The maximum Gasteiger partial charge on any atom is 0.231 e. The van der Waals surface area contributed by atoms with Gasteiger partial charge in [0.25, 0.3) is 0 Å². The van der Waals surface area contributed by atoms with Gasteiger partial charge in [0.05, 0.1) is 5.92 Å². The SMILES string of the molecule is CNC(C)c1ccc(NC(=O)C(C)c2ccccc2)cc1. The number of amides is 1. The molecule has 21 heavy (non-hydrogen) atoms. The summed E-state index contributed by atoms with van der Waals surface area (Å²) in [5, 5.41) is 6.16. The number of carbonyl (C=O) groups excluding carboxylic acids is 1. The maximum atomic E-state index is 12.3. The number of hydrogen-bond donors (Lipinski definition) is 2. The Morgan fingerprint density at radius 3 is 2.10 bits per heavy atom. The number of nitrogens with one attached hydrogen (secondary N) is 2. The molecule has 0 saturated carbocycles. The number of benzene rings is 2. The molecule has 0 aliphatic carbocycles. The van der Waals surface area contributed by atoms with E-state index in [-0.39, 0.29) is 11.8 Å². The molecule has 0 aliphatic rings. The first-order valence-electron chi connectivity index (χ1n) is 7.25. The summed E-state index contributed by atoms with van der Waals surface area (Å²) in [6.45, 7) is 4.02. The molecule has 2 N–H and O–H groups in total. The molecule has 2 aromatic rings. The van der Waals surface area contributed by atoms with Crippen LogP contribution in [0.5, 0.6) is 0 Å². The van der Waals surface area contributed by atoms with Crippen LogP contribution >= 0.6 is 0 Å². The third-order valence-corrected chi connectivity index (χ3v) is 3.80. The minimum atomic E-state index is -0.165. The molecule has 2 unspecified atom stereocenters. The molecule has 0 saturated heterocycles. The largest absolute Gasteiger partial charge is 0.326 e. The van der Waals surface area contributed by atoms with Gasteiger partial charge in [-0.3, -0.25) is 4.79 Å². The Morgan fingerprint density at radius 1 is 0.905 bits per heavy atom. The zero-order valence-corrected chi connectivity index (χ0v) is 12.8. The van der Waals surface area contributed by atoms with Gasteiger partial charge in [-0.2, -0.15) is 0 Å². The molecule has 0 aliphatic heterocycles. The van der Waals surface area contributed by atoms with Crippen molar-refractivity contribution in [2.24, 2.45) is 0 Å². The Bertz CT molecular complexity index is 578. The summed E-state index contributed by atoms with van der Waals surface area (Å²) in [7, 11) is 1.93. The lowest BCUT2D eigenvalue weighted by atomic mass is 10.0. The summed E-state index contributed by atoms with van der Waals surface area (Å²) in [6, 6.07) is 18.1. The van der Waals surface area contributed by atoms with Crippen molar-refractivity contribution in [1.82, 2.24) is 5.32 Å². The molecule has 3 nitrogen and oxygen atoms in total. The van der Waals surface area contributed by atoms with Crippen LogP contribution in [0.2, 0.25) is 0 Å². The van der Waals surface area contributed by atoms with Crippen LogP contribution in [0.1, 0.15) is 36.9 Å². The third kappa shape index (κ3) is 3.92. The highest BCUT2D eigenvalue weighted by atomic mass is 16.1. The molecule has 2 atom stereocenters. The lowest BCUT2D eigenvalue weighted by Gasteiger charge is -2.14. The van der Waals surface area contributed by atoms with Crippen LogP contribution in [0.25, 0.3) is 0 Å². The van der Waals surface area contributed by atoms with E-state index in [1.807, 2.05) is 68.6 Å². The normalized spacial score (nSPS) is 13.5. The van der Waals surface area contributed by atoms with Gasteiger partial charge in [0.2, 0.25) is 5.91 Å². The van der Waals surface area contributed by atoms with E-state index in [4.69, 9.17) is 0 Å². The van der Waals surface area contributed by atoms with Crippen LogP contribution in [-0.4, -0.2) is 13.0 Å². The first kappa shape index (κ1) is 15.3. The van der Waals surface area contributed by atoms with E-state index in [0.717, 1.165) is 11.3 Å². The van der Waals surface area contributed by atoms with Crippen LogP contribution < -0.4 is 10.6 Å². The second-order valence-electron chi connectivity index (χ2n) is 5.25. The average molecular weight is 282 g/mol. The first-order valence-corrected chi connectivity index (χ1v) is 7.25. The van der Waals surface area contributed by atoms with Gasteiger partial charge >= 0.3 is 0 Å². The van der Waals surface area contributed by atoms with Crippen molar-refractivity contribution in [3.05, 3.63) is 65.7 Å². The topological polar surface area (TPSA) is 41.1 Å². The number of anilines is 1. The molecule has 0 radical (unpaired) electrons. The smallest absolute Gasteiger partial charge is 0.231 e. The van der Waals surface area contributed by atoms with E-state index in [1.165, 1.54) is 5.56 Å². The Labute approximate surface area is 126 Å². The van der Waals surface area contributed by atoms with Gasteiger partial charge in [0.15, 0.2) is 0 Å². The lowest BCUT2D eigenvalue weighted by Crippen LogP contribution is -2.19. The van der Waals surface area contributed by atoms with Gasteiger partial charge in [0, 0.05) is 11.7 Å². The first-order chi connectivity index (χ1) is 10.1. The quantitative estimate of drug-likeness (QED) is 0.877. The van der Waals surface area contributed by atoms with E-state index < -0.39 is 0 Å². The Morgan fingerprint density at radius 2 is 1.52 bits per heavy atom. The van der Waals surface area contributed by atoms with Crippen molar-refractivity contribution < 1.29 is 4.79 Å². The predicted octanol–water partition coefficient (Wildman–Crippen LogP) is 3.71. The highest BCUT2D eigenvalue weighted by molar-refractivity contribution is 5.95. The van der Waals surface area contributed by atoms with Crippen molar-refractivity contribution in [1.29, 1.82) is 0 Å². The standard InChI is InChI=1S/C18H22N2O/c1-13(15-7-5-4-6-8-15)18(21)20-17-11-9-16(10-12-17)14(2)19-3/h4-14,19H,1-3H3,(H,20,21). The summed E-state index contributed by atoms with van der Waals surface area (Å²) in [6.07, 6.45) is 0. The fraction of sp³-hybridized carbons (Fsp3) is 0.278. The summed E-state index contributed by atoms with van der Waals surface area (Å²) in [5.74, 6) is -0.155. The second kappa shape index (κ2) is 7.04. The van der Waals surface area contributed by atoms with Crippen LogP contribution in [0, 0.1) is 0 Å². The van der Waals surface area contributed by atoms with E-state index >= 15 is 0 Å². The molecule has 1 amide bonds. The highest BCUT2D eigenvalue weighted by Gasteiger charge is 2.14. The maximum absolute atomic E-state index is 12.3. The van der Waals surface area contributed by atoms with Gasteiger partial charge in [-0.1, -0.05) is 42.5 Å². The summed E-state index contributed by atoms with van der Waals surface area (Å²) in [5.41, 5.74) is 3.05. The number of hydrogen-bond acceptors (Lipinski definition) is 2. The Kier molecular flexibility index (Phi) is 5.12. The van der Waals surface area contributed by atoms with Crippen molar-refractivity contribution in [2.45, 2.75) is 25.8 Å². The Hall–Kier alpha value is -2.13. The van der Waals surface area contributed by atoms with Gasteiger partial charge in [0.1, 0.15) is 0 Å². The van der Waals surface area contributed by atoms with E-state index in [1.54, 1.807) is 0 Å². The molecule has 0 aromatic heterocycles. The van der Waals surface area contributed by atoms with Gasteiger partial charge in [-0.25, -0.2) is 0 Å². The molecule has 0 spiro atoms. The zero-order chi connectivity index (χ0) is 15.2. The van der Waals surface area contributed by atoms with Crippen LogP contribution in [0.3, 0.4) is 0 Å².